The molecule has 0 aliphatic carbocycles. The lowest BCUT2D eigenvalue weighted by Crippen LogP contribution is -2.45. The molecule has 0 bridgehead atoms. The topological polar surface area (TPSA) is 95.9 Å². The number of aliphatic hydroxyl groups is 2. The van der Waals surface area contributed by atoms with Crippen LogP contribution in [0.1, 0.15) is 425 Å². The molecule has 0 saturated heterocycles. The standard InChI is InChI=1S/C76H147NO5/c1-3-5-7-9-11-13-15-17-19-21-22-23-28-31-34-37-40-44-48-52-56-60-64-68-74(79)73(72-78)77-75(80)69-65-61-57-53-49-45-41-38-35-32-29-26-24-25-27-30-33-36-39-43-47-51-55-59-63-67-71-82-76(81)70-66-62-58-54-50-46-42-20-18-16-14-12-10-8-6-4-2/h24,26,64,68,73-74,78-79H,3-23,25,27-63,65-67,69-72H2,1-2H3,(H,77,80)/b26-24-,68-64+. The first-order valence-electron chi connectivity index (χ1n) is 37.6. The van der Waals surface area contributed by atoms with Crippen LogP contribution >= 0.6 is 0 Å². The number of ether oxygens (including phenoxy) is 1. The minimum Gasteiger partial charge on any atom is -0.466 e. The zero-order chi connectivity index (χ0) is 59.2. The van der Waals surface area contributed by atoms with Crippen molar-refractivity contribution in [2.75, 3.05) is 13.2 Å². The second-order valence-electron chi connectivity index (χ2n) is 26.0. The molecule has 0 rings (SSSR count). The van der Waals surface area contributed by atoms with Crippen molar-refractivity contribution in [3.8, 4) is 0 Å². The average molecular weight is 1160 g/mol. The van der Waals surface area contributed by atoms with Gasteiger partial charge in [-0.05, 0) is 57.8 Å². The van der Waals surface area contributed by atoms with Gasteiger partial charge in [-0.3, -0.25) is 9.59 Å². The molecular formula is C76H147NO5. The van der Waals surface area contributed by atoms with E-state index in [0.717, 1.165) is 38.5 Å². The van der Waals surface area contributed by atoms with Gasteiger partial charge in [0.15, 0.2) is 0 Å². The van der Waals surface area contributed by atoms with Crippen molar-refractivity contribution in [3.63, 3.8) is 0 Å². The summed E-state index contributed by atoms with van der Waals surface area (Å²) in [5.74, 6) is -0.0467. The van der Waals surface area contributed by atoms with Crippen molar-refractivity contribution in [2.24, 2.45) is 0 Å². The number of aliphatic hydroxyl groups excluding tert-OH is 2. The number of carbonyl (C=O) groups is 2. The van der Waals surface area contributed by atoms with E-state index in [0.29, 0.717) is 19.4 Å². The summed E-state index contributed by atoms with van der Waals surface area (Å²) in [6.07, 6.45) is 91.3. The minimum absolute atomic E-state index is 0.0184. The molecule has 0 fully saturated rings. The second kappa shape index (κ2) is 71.8. The van der Waals surface area contributed by atoms with Gasteiger partial charge in [-0.15, -0.1) is 0 Å². The monoisotopic (exact) mass is 1150 g/mol. The number of amides is 1. The van der Waals surface area contributed by atoms with Gasteiger partial charge in [-0.1, -0.05) is 378 Å². The molecule has 1 amide bonds. The van der Waals surface area contributed by atoms with Crippen LogP contribution in [-0.2, 0) is 14.3 Å². The van der Waals surface area contributed by atoms with Crippen LogP contribution in [-0.4, -0.2) is 47.4 Å². The van der Waals surface area contributed by atoms with Gasteiger partial charge in [-0.2, -0.15) is 0 Å². The van der Waals surface area contributed by atoms with Gasteiger partial charge in [0.25, 0.3) is 0 Å². The third-order valence-corrected chi connectivity index (χ3v) is 17.7. The molecule has 6 heteroatoms. The fraction of sp³-hybridized carbons (Fsp3) is 0.921. The van der Waals surface area contributed by atoms with E-state index in [2.05, 4.69) is 31.3 Å². The lowest BCUT2D eigenvalue weighted by molar-refractivity contribution is -0.143. The van der Waals surface area contributed by atoms with E-state index in [1.807, 2.05) is 6.08 Å². The van der Waals surface area contributed by atoms with Crippen LogP contribution < -0.4 is 5.32 Å². The van der Waals surface area contributed by atoms with Crippen molar-refractivity contribution in [2.45, 2.75) is 437 Å². The maximum Gasteiger partial charge on any atom is 0.305 e. The van der Waals surface area contributed by atoms with Gasteiger partial charge in [0.05, 0.1) is 25.4 Å². The van der Waals surface area contributed by atoms with Crippen LogP contribution in [0.5, 0.6) is 0 Å². The summed E-state index contributed by atoms with van der Waals surface area (Å²) in [5.41, 5.74) is 0. The van der Waals surface area contributed by atoms with Gasteiger partial charge >= 0.3 is 5.97 Å². The van der Waals surface area contributed by atoms with E-state index >= 15 is 0 Å². The minimum atomic E-state index is -0.847. The summed E-state index contributed by atoms with van der Waals surface area (Å²) in [7, 11) is 0. The zero-order valence-electron chi connectivity index (χ0n) is 55.8. The van der Waals surface area contributed by atoms with E-state index in [-0.39, 0.29) is 18.5 Å². The third kappa shape index (κ3) is 67.5. The fourth-order valence-electron chi connectivity index (χ4n) is 12.0. The van der Waals surface area contributed by atoms with Crippen LogP contribution in [0.15, 0.2) is 24.3 Å². The van der Waals surface area contributed by atoms with Crippen molar-refractivity contribution in [1.82, 2.24) is 5.32 Å². The molecule has 2 unspecified atom stereocenters. The molecule has 0 aromatic heterocycles. The summed E-state index contributed by atoms with van der Waals surface area (Å²) >= 11 is 0. The number of rotatable bonds is 71. The van der Waals surface area contributed by atoms with Gasteiger partial charge in [-0.25, -0.2) is 0 Å². The van der Waals surface area contributed by atoms with Crippen LogP contribution in [0.2, 0.25) is 0 Å². The highest BCUT2D eigenvalue weighted by Crippen LogP contribution is 2.19. The Morgan fingerprint density at radius 1 is 0.329 bits per heavy atom. The van der Waals surface area contributed by atoms with E-state index < -0.39 is 12.1 Å². The van der Waals surface area contributed by atoms with E-state index in [4.69, 9.17) is 4.74 Å². The molecule has 0 saturated carbocycles. The smallest absolute Gasteiger partial charge is 0.305 e. The molecule has 0 aromatic rings. The molecule has 486 valence electrons. The molecule has 6 nitrogen and oxygen atoms in total. The molecule has 0 aliphatic heterocycles. The fourth-order valence-corrected chi connectivity index (χ4v) is 12.0. The quantitative estimate of drug-likeness (QED) is 0.0320. The number of carbonyl (C=O) groups excluding carboxylic acids is 2. The summed E-state index contributed by atoms with van der Waals surface area (Å²) in [4.78, 5) is 24.6. The van der Waals surface area contributed by atoms with E-state index in [1.54, 1.807) is 6.08 Å². The largest absolute Gasteiger partial charge is 0.466 e. The van der Waals surface area contributed by atoms with Gasteiger partial charge < -0.3 is 20.3 Å². The number of unbranched alkanes of at least 4 members (excludes halogenated alkanes) is 58. The highest BCUT2D eigenvalue weighted by molar-refractivity contribution is 5.76. The number of esters is 1. The Kier molecular flexibility index (Phi) is 70.4. The second-order valence-corrected chi connectivity index (χ2v) is 26.0. The molecule has 0 spiro atoms. The Hall–Kier alpha value is -1.66. The molecule has 2 atom stereocenters. The first-order chi connectivity index (χ1) is 40.5. The highest BCUT2D eigenvalue weighted by Gasteiger charge is 2.18. The van der Waals surface area contributed by atoms with Gasteiger partial charge in [0.2, 0.25) is 5.91 Å². The molecular weight excluding hydrogens is 1010 g/mol. The van der Waals surface area contributed by atoms with Crippen LogP contribution in [0.4, 0.5) is 0 Å². The van der Waals surface area contributed by atoms with E-state index in [9.17, 15) is 19.8 Å². The first kappa shape index (κ1) is 80.3. The lowest BCUT2D eigenvalue weighted by atomic mass is 10.0. The van der Waals surface area contributed by atoms with Gasteiger partial charge in [0, 0.05) is 12.8 Å². The molecule has 0 aliphatic rings. The van der Waals surface area contributed by atoms with Crippen LogP contribution in [0.25, 0.3) is 0 Å². The molecule has 0 aromatic carbocycles. The van der Waals surface area contributed by atoms with Crippen molar-refractivity contribution in [3.05, 3.63) is 24.3 Å². The summed E-state index contributed by atoms with van der Waals surface area (Å²) in [5, 5.41) is 23.3. The predicted molar refractivity (Wildman–Crippen MR) is 361 cm³/mol. The van der Waals surface area contributed by atoms with Crippen molar-refractivity contribution < 1.29 is 24.5 Å². The SMILES string of the molecule is CCCCCCCCCCCCCCCCCCCCCCC/C=C/C(O)C(CO)NC(=O)CCCCCCCCCCCC/C=C\CCCCCCCCCCCCCCOC(=O)CCCCCCCCCCCCCCCCCC. The van der Waals surface area contributed by atoms with Crippen LogP contribution in [0.3, 0.4) is 0 Å². The highest BCUT2D eigenvalue weighted by atomic mass is 16.5. The van der Waals surface area contributed by atoms with Crippen molar-refractivity contribution in [1.29, 1.82) is 0 Å². The van der Waals surface area contributed by atoms with E-state index in [1.165, 1.54) is 360 Å². The Balaban J connectivity index is 3.40. The molecule has 3 N–H and O–H groups in total. The zero-order valence-corrected chi connectivity index (χ0v) is 55.8. The number of allylic oxidation sites excluding steroid dienone is 3. The Morgan fingerprint density at radius 3 is 0.866 bits per heavy atom. The maximum absolute atomic E-state index is 12.5. The normalized spacial score (nSPS) is 12.6. The molecule has 82 heavy (non-hydrogen) atoms. The summed E-state index contributed by atoms with van der Waals surface area (Å²) < 4.78 is 5.50. The number of nitrogens with one attached hydrogen (secondary N) is 1. The third-order valence-electron chi connectivity index (χ3n) is 17.7. The molecule has 0 heterocycles. The maximum atomic E-state index is 12.5. The Morgan fingerprint density at radius 2 is 0.573 bits per heavy atom. The number of hydrogen-bond acceptors (Lipinski definition) is 5. The number of hydrogen-bond donors (Lipinski definition) is 3. The molecule has 0 radical (unpaired) electrons. The Bertz CT molecular complexity index is 1280. The summed E-state index contributed by atoms with van der Waals surface area (Å²) in [6, 6.07) is -0.630. The average Bonchev–Trinajstić information content (AvgIpc) is 3.48. The predicted octanol–water partition coefficient (Wildman–Crippen LogP) is 24.5. The van der Waals surface area contributed by atoms with Crippen molar-refractivity contribution >= 4 is 11.9 Å². The summed E-state index contributed by atoms with van der Waals surface area (Å²) in [6.45, 7) is 4.95. The Labute approximate surface area is 513 Å². The van der Waals surface area contributed by atoms with Crippen LogP contribution in [0, 0.1) is 0 Å². The lowest BCUT2D eigenvalue weighted by Gasteiger charge is -2.20. The van der Waals surface area contributed by atoms with Gasteiger partial charge in [0.1, 0.15) is 0 Å². The first-order valence-corrected chi connectivity index (χ1v) is 37.6.